The predicted molar refractivity (Wildman–Crippen MR) is 90.2 cm³/mol. The highest BCUT2D eigenvalue weighted by molar-refractivity contribution is 5.46. The average Bonchev–Trinajstić information content (AvgIpc) is 2.42. The summed E-state index contributed by atoms with van der Waals surface area (Å²) in [7, 11) is 0. The quantitative estimate of drug-likeness (QED) is 0.853. The van der Waals surface area contributed by atoms with Crippen LogP contribution in [0.3, 0.4) is 0 Å². The molecule has 1 aliphatic rings. The van der Waals surface area contributed by atoms with Crippen LogP contribution in [-0.4, -0.2) is 11.5 Å². The molecule has 118 valence electrons. The van der Waals surface area contributed by atoms with Crippen molar-refractivity contribution in [3.63, 3.8) is 0 Å². The fourth-order valence-electron chi connectivity index (χ4n) is 3.55. The number of nitrogens with one attached hydrogen (secondary N) is 1. The van der Waals surface area contributed by atoms with Gasteiger partial charge in [-0.1, -0.05) is 20.8 Å². The number of hydrogen-bond donors (Lipinski definition) is 2. The molecular formula is C18H31N3. The van der Waals surface area contributed by atoms with Crippen molar-refractivity contribution in [1.29, 1.82) is 0 Å². The third-order valence-corrected chi connectivity index (χ3v) is 5.02. The molecule has 0 bridgehead atoms. The van der Waals surface area contributed by atoms with E-state index >= 15 is 0 Å². The molecule has 1 unspecified atom stereocenters. The Morgan fingerprint density at radius 1 is 1.38 bits per heavy atom. The van der Waals surface area contributed by atoms with Gasteiger partial charge in [0, 0.05) is 17.8 Å². The van der Waals surface area contributed by atoms with Crippen molar-refractivity contribution in [3.8, 4) is 0 Å². The molecule has 21 heavy (non-hydrogen) atoms. The Labute approximate surface area is 129 Å². The van der Waals surface area contributed by atoms with Crippen LogP contribution in [0.1, 0.15) is 70.0 Å². The highest BCUT2D eigenvalue weighted by atomic mass is 14.9. The fraction of sp³-hybridized carbons (Fsp3) is 0.722. The molecule has 0 aliphatic heterocycles. The number of nitrogens with zero attached hydrogens (tertiary/aromatic N) is 1. The third kappa shape index (κ3) is 3.97. The largest absolute Gasteiger partial charge is 0.383 e. The van der Waals surface area contributed by atoms with Crippen LogP contribution in [0.4, 0.5) is 5.82 Å². The van der Waals surface area contributed by atoms with E-state index in [2.05, 4.69) is 44.1 Å². The van der Waals surface area contributed by atoms with Gasteiger partial charge in [-0.15, -0.1) is 0 Å². The zero-order valence-corrected chi connectivity index (χ0v) is 14.1. The SMILES string of the molecule is CCCNC(c1c(C)ccnc1N)C1CCC(C)(C)CC1. The Kier molecular flexibility index (Phi) is 5.26. The number of hydrogen-bond acceptors (Lipinski definition) is 3. The van der Waals surface area contributed by atoms with Gasteiger partial charge in [-0.25, -0.2) is 4.98 Å². The van der Waals surface area contributed by atoms with Crippen LogP contribution in [0.15, 0.2) is 12.3 Å². The van der Waals surface area contributed by atoms with Crippen molar-refractivity contribution in [2.45, 2.75) is 65.8 Å². The third-order valence-electron chi connectivity index (χ3n) is 5.02. The van der Waals surface area contributed by atoms with Gasteiger partial charge in [-0.3, -0.25) is 0 Å². The molecule has 1 heterocycles. The Morgan fingerprint density at radius 3 is 2.62 bits per heavy atom. The molecule has 3 nitrogen and oxygen atoms in total. The number of aromatic nitrogens is 1. The van der Waals surface area contributed by atoms with Gasteiger partial charge in [-0.05, 0) is 68.5 Å². The fourth-order valence-corrected chi connectivity index (χ4v) is 3.55. The molecule has 3 heteroatoms. The van der Waals surface area contributed by atoms with Crippen molar-refractivity contribution in [1.82, 2.24) is 10.3 Å². The second-order valence-corrected chi connectivity index (χ2v) is 7.36. The van der Waals surface area contributed by atoms with E-state index in [4.69, 9.17) is 5.73 Å². The maximum absolute atomic E-state index is 6.20. The lowest BCUT2D eigenvalue weighted by atomic mass is 9.70. The highest BCUT2D eigenvalue weighted by Gasteiger charge is 2.33. The summed E-state index contributed by atoms with van der Waals surface area (Å²) in [5, 5.41) is 3.74. The van der Waals surface area contributed by atoms with Crippen molar-refractivity contribution in [3.05, 3.63) is 23.4 Å². The lowest BCUT2D eigenvalue weighted by Gasteiger charge is -2.39. The molecule has 1 aliphatic carbocycles. The van der Waals surface area contributed by atoms with Gasteiger partial charge in [0.05, 0.1) is 0 Å². The summed E-state index contributed by atoms with van der Waals surface area (Å²) in [6, 6.07) is 2.44. The normalized spacial score (nSPS) is 20.4. The van der Waals surface area contributed by atoms with Crippen LogP contribution >= 0.6 is 0 Å². The van der Waals surface area contributed by atoms with Crippen molar-refractivity contribution < 1.29 is 0 Å². The second kappa shape index (κ2) is 6.78. The number of aryl methyl sites for hydroxylation is 1. The first-order chi connectivity index (χ1) is 9.94. The first-order valence-electron chi connectivity index (χ1n) is 8.39. The van der Waals surface area contributed by atoms with Gasteiger partial charge in [-0.2, -0.15) is 0 Å². The number of nitrogens with two attached hydrogens (primary N) is 1. The molecule has 3 N–H and O–H groups in total. The molecule has 0 spiro atoms. The number of anilines is 1. The predicted octanol–water partition coefficient (Wildman–Crippen LogP) is 4.23. The lowest BCUT2D eigenvalue weighted by Crippen LogP contribution is -2.34. The van der Waals surface area contributed by atoms with Crippen LogP contribution < -0.4 is 11.1 Å². The molecule has 0 radical (unpaired) electrons. The van der Waals surface area contributed by atoms with Crippen molar-refractivity contribution in [2.24, 2.45) is 11.3 Å². The molecule has 0 amide bonds. The topological polar surface area (TPSA) is 50.9 Å². The molecule has 0 saturated heterocycles. The minimum atomic E-state index is 0.356. The summed E-state index contributed by atoms with van der Waals surface area (Å²) in [6.45, 7) is 10.2. The van der Waals surface area contributed by atoms with Gasteiger partial charge in [0.25, 0.3) is 0 Å². The second-order valence-electron chi connectivity index (χ2n) is 7.36. The van der Waals surface area contributed by atoms with E-state index in [1.54, 1.807) is 0 Å². The smallest absolute Gasteiger partial charge is 0.128 e. The number of nitrogen functional groups attached to an aromatic ring is 1. The average molecular weight is 289 g/mol. The van der Waals surface area contributed by atoms with E-state index in [1.165, 1.54) is 36.8 Å². The molecule has 2 rings (SSSR count). The zero-order chi connectivity index (χ0) is 15.5. The number of pyridine rings is 1. The van der Waals surface area contributed by atoms with Gasteiger partial charge in [0.15, 0.2) is 0 Å². The molecule has 0 aromatic carbocycles. The maximum atomic E-state index is 6.20. The van der Waals surface area contributed by atoms with Crippen molar-refractivity contribution >= 4 is 5.82 Å². The zero-order valence-electron chi connectivity index (χ0n) is 14.1. The highest BCUT2D eigenvalue weighted by Crippen LogP contribution is 2.43. The number of rotatable bonds is 5. The summed E-state index contributed by atoms with van der Waals surface area (Å²) in [4.78, 5) is 4.33. The summed E-state index contributed by atoms with van der Waals surface area (Å²) >= 11 is 0. The van der Waals surface area contributed by atoms with E-state index in [-0.39, 0.29) is 0 Å². The Hall–Kier alpha value is -1.09. The first-order valence-corrected chi connectivity index (χ1v) is 8.39. The minimum absolute atomic E-state index is 0.356. The van der Waals surface area contributed by atoms with Crippen LogP contribution in [0.2, 0.25) is 0 Å². The minimum Gasteiger partial charge on any atom is -0.383 e. The summed E-state index contributed by atoms with van der Waals surface area (Å²) in [5.74, 6) is 1.38. The van der Waals surface area contributed by atoms with Gasteiger partial charge >= 0.3 is 0 Å². The molecule has 1 fully saturated rings. The van der Waals surface area contributed by atoms with Crippen LogP contribution in [-0.2, 0) is 0 Å². The Balaban J connectivity index is 2.22. The van der Waals surface area contributed by atoms with E-state index in [1.807, 2.05) is 6.20 Å². The van der Waals surface area contributed by atoms with E-state index < -0.39 is 0 Å². The first kappa shape index (κ1) is 16.3. The maximum Gasteiger partial charge on any atom is 0.128 e. The standard InChI is InChI=1S/C18H31N3/c1-5-11-20-16(14-6-9-18(3,4)10-7-14)15-13(2)8-12-21-17(15)19/h8,12,14,16,20H,5-7,9-11H2,1-4H3,(H2,19,21). The molecule has 1 aromatic heterocycles. The lowest BCUT2D eigenvalue weighted by molar-refractivity contribution is 0.161. The van der Waals surface area contributed by atoms with Crippen LogP contribution in [0, 0.1) is 18.3 Å². The van der Waals surface area contributed by atoms with E-state index in [0.29, 0.717) is 23.2 Å². The van der Waals surface area contributed by atoms with Crippen LogP contribution in [0.5, 0.6) is 0 Å². The van der Waals surface area contributed by atoms with E-state index in [0.717, 1.165) is 13.0 Å². The molecule has 1 aromatic rings. The Bertz CT molecular complexity index is 437. The van der Waals surface area contributed by atoms with Gasteiger partial charge in [0.2, 0.25) is 0 Å². The molecular weight excluding hydrogens is 258 g/mol. The summed E-state index contributed by atoms with van der Waals surface area (Å²) in [5.41, 5.74) is 9.20. The molecule has 1 atom stereocenters. The summed E-state index contributed by atoms with van der Waals surface area (Å²) in [6.07, 6.45) is 8.13. The Morgan fingerprint density at radius 2 is 2.05 bits per heavy atom. The monoisotopic (exact) mass is 289 g/mol. The molecule has 1 saturated carbocycles. The van der Waals surface area contributed by atoms with Gasteiger partial charge < -0.3 is 11.1 Å². The van der Waals surface area contributed by atoms with E-state index in [9.17, 15) is 0 Å². The van der Waals surface area contributed by atoms with Crippen molar-refractivity contribution in [2.75, 3.05) is 12.3 Å². The summed E-state index contributed by atoms with van der Waals surface area (Å²) < 4.78 is 0. The van der Waals surface area contributed by atoms with Gasteiger partial charge in [0.1, 0.15) is 5.82 Å². The van der Waals surface area contributed by atoms with Crippen LogP contribution in [0.25, 0.3) is 0 Å².